The van der Waals surface area contributed by atoms with Crippen LogP contribution in [-0.2, 0) is 23.9 Å². The normalized spacial score (nSPS) is 48.4. The van der Waals surface area contributed by atoms with Gasteiger partial charge in [0.05, 0.1) is 12.0 Å². The Kier molecular flexibility index (Phi) is 8.45. The van der Waals surface area contributed by atoms with Crippen molar-refractivity contribution in [3.8, 4) is 0 Å². The van der Waals surface area contributed by atoms with Crippen molar-refractivity contribution in [2.75, 3.05) is 19.7 Å². The summed E-state index contributed by atoms with van der Waals surface area (Å²) in [5.41, 5.74) is 0.364. The molecule has 0 amide bonds. The third-order valence-electron chi connectivity index (χ3n) is 17.0. The minimum Gasteiger partial charge on any atom is -0.465 e. The molecule has 6 heteroatoms. The molecule has 0 unspecified atom stereocenters. The van der Waals surface area contributed by atoms with Gasteiger partial charge in [0.2, 0.25) is 0 Å². The minimum absolute atomic E-state index is 0.00336. The molecule has 0 aromatic rings. The maximum atomic E-state index is 14.8. The van der Waals surface area contributed by atoms with Crippen LogP contribution in [0.1, 0.15) is 145 Å². The van der Waals surface area contributed by atoms with Crippen LogP contribution in [0.25, 0.3) is 0 Å². The molecule has 48 heavy (non-hydrogen) atoms. The van der Waals surface area contributed by atoms with E-state index in [9.17, 15) is 14.4 Å². The summed E-state index contributed by atoms with van der Waals surface area (Å²) in [4.78, 5) is 43.6. The highest BCUT2D eigenvalue weighted by atomic mass is 16.5. The lowest BCUT2D eigenvalue weighted by Gasteiger charge is -2.70. The average molecular weight is 664 g/mol. The van der Waals surface area contributed by atoms with Gasteiger partial charge in [-0.15, -0.1) is 0 Å². The molecule has 268 valence electrons. The van der Waals surface area contributed by atoms with E-state index in [-0.39, 0.29) is 57.0 Å². The molecular formula is C42H65NO5. The SMILES string of the molecule is CC(=O)O[C@H]1CC[C@]2(C)[C@H](CC[C@]3(C)[C@@H]2C(=O)C=C2[C@H]4C[C@@](C)(C(=O)OC[C@@H]5CCCN6CCCC[C@H]56)CC[C@]4(C)CC[C@@]23C)C1(C)C. The summed E-state index contributed by atoms with van der Waals surface area (Å²) in [5.74, 6) is 1.05. The standard InChI is InChI=1S/C42H65NO5/c1-27(44)48-34-15-16-40(6)33(37(34,2)3)14-17-42(8)35(40)32(45)24-29-30-25-39(5,19-18-38(30,4)20-21-41(29,42)7)36(46)47-26-28-12-11-23-43-22-10-9-13-31(28)43/h24,28,30-31,33-35H,9-23,25-26H2,1-8H3/t28-,30+,31+,33+,34-,35+,38+,39-,40+,41-,42+/m0/s1. The molecule has 4 saturated carbocycles. The number of fused-ring (bicyclic) bond motifs is 8. The molecule has 6 fully saturated rings. The van der Waals surface area contributed by atoms with Crippen molar-refractivity contribution in [1.82, 2.24) is 4.90 Å². The summed E-state index contributed by atoms with van der Waals surface area (Å²) in [6, 6.07) is 0.577. The van der Waals surface area contributed by atoms with Gasteiger partial charge in [-0.05, 0) is 143 Å². The molecule has 0 aromatic carbocycles. The first kappa shape index (κ1) is 34.7. The van der Waals surface area contributed by atoms with Gasteiger partial charge < -0.3 is 9.47 Å². The highest BCUT2D eigenvalue weighted by molar-refractivity contribution is 5.95. The molecule has 2 heterocycles. The van der Waals surface area contributed by atoms with Crippen LogP contribution in [0.4, 0.5) is 0 Å². The Balaban J connectivity index is 1.15. The maximum Gasteiger partial charge on any atom is 0.311 e. The average Bonchev–Trinajstić information content (AvgIpc) is 3.03. The Morgan fingerprint density at radius 1 is 0.854 bits per heavy atom. The van der Waals surface area contributed by atoms with Crippen molar-refractivity contribution in [2.24, 2.45) is 56.2 Å². The lowest BCUT2D eigenvalue weighted by Crippen LogP contribution is -2.66. The minimum atomic E-state index is -0.520. The van der Waals surface area contributed by atoms with Gasteiger partial charge in [-0.3, -0.25) is 19.3 Å². The lowest BCUT2D eigenvalue weighted by atomic mass is 9.33. The van der Waals surface area contributed by atoms with E-state index in [0.717, 1.165) is 57.8 Å². The highest BCUT2D eigenvalue weighted by Crippen LogP contribution is 2.75. The molecule has 0 radical (unpaired) electrons. The van der Waals surface area contributed by atoms with E-state index in [1.54, 1.807) is 0 Å². The predicted molar refractivity (Wildman–Crippen MR) is 188 cm³/mol. The molecule has 2 saturated heterocycles. The lowest BCUT2D eigenvalue weighted by molar-refractivity contribution is -0.210. The fourth-order valence-electron chi connectivity index (χ4n) is 13.9. The van der Waals surface area contributed by atoms with Crippen LogP contribution < -0.4 is 0 Å². The second kappa shape index (κ2) is 11.7. The van der Waals surface area contributed by atoms with Gasteiger partial charge in [0.15, 0.2) is 5.78 Å². The monoisotopic (exact) mass is 663 g/mol. The number of carbonyl (C=O) groups is 3. The number of hydrogen-bond donors (Lipinski definition) is 0. The summed E-state index contributed by atoms with van der Waals surface area (Å²) >= 11 is 0. The van der Waals surface area contributed by atoms with Crippen molar-refractivity contribution in [3.63, 3.8) is 0 Å². The van der Waals surface area contributed by atoms with E-state index in [1.165, 1.54) is 57.7 Å². The number of allylic oxidation sites excluding steroid dienone is 2. The van der Waals surface area contributed by atoms with Crippen LogP contribution in [0.15, 0.2) is 11.6 Å². The molecule has 0 aromatic heterocycles. The topological polar surface area (TPSA) is 72.9 Å². The molecule has 0 N–H and O–H groups in total. The Labute approximate surface area is 290 Å². The molecule has 6 nitrogen and oxygen atoms in total. The third-order valence-corrected chi connectivity index (χ3v) is 17.0. The van der Waals surface area contributed by atoms with Crippen LogP contribution in [0.5, 0.6) is 0 Å². The predicted octanol–water partition coefficient (Wildman–Crippen LogP) is 8.71. The van der Waals surface area contributed by atoms with E-state index >= 15 is 0 Å². The van der Waals surface area contributed by atoms with Crippen molar-refractivity contribution < 1.29 is 23.9 Å². The zero-order chi connectivity index (χ0) is 34.5. The number of esters is 2. The highest BCUT2D eigenvalue weighted by Gasteiger charge is 2.70. The van der Waals surface area contributed by atoms with Gasteiger partial charge in [-0.1, -0.05) is 53.5 Å². The number of piperidine rings is 2. The Morgan fingerprint density at radius 3 is 2.33 bits per heavy atom. The molecule has 5 aliphatic carbocycles. The van der Waals surface area contributed by atoms with E-state index in [0.29, 0.717) is 30.3 Å². The van der Waals surface area contributed by atoms with E-state index < -0.39 is 5.41 Å². The Morgan fingerprint density at radius 2 is 1.58 bits per heavy atom. The van der Waals surface area contributed by atoms with Crippen molar-refractivity contribution in [3.05, 3.63) is 11.6 Å². The van der Waals surface area contributed by atoms with Crippen LogP contribution in [0.3, 0.4) is 0 Å². The number of nitrogens with zero attached hydrogens (tertiary/aromatic N) is 1. The Bertz CT molecular complexity index is 1370. The molecule has 7 rings (SSSR count). The third kappa shape index (κ3) is 5.05. The van der Waals surface area contributed by atoms with Gasteiger partial charge in [0.25, 0.3) is 0 Å². The zero-order valence-corrected chi connectivity index (χ0v) is 31.6. The largest absolute Gasteiger partial charge is 0.465 e. The van der Waals surface area contributed by atoms with E-state index in [2.05, 4.69) is 59.4 Å². The van der Waals surface area contributed by atoms with Crippen molar-refractivity contribution in [1.29, 1.82) is 0 Å². The Hall–Kier alpha value is -1.69. The summed E-state index contributed by atoms with van der Waals surface area (Å²) < 4.78 is 12.2. The second-order valence-electron chi connectivity index (χ2n) is 19.8. The van der Waals surface area contributed by atoms with Gasteiger partial charge >= 0.3 is 11.9 Å². The van der Waals surface area contributed by atoms with Gasteiger partial charge in [0, 0.05) is 30.2 Å². The fourth-order valence-corrected chi connectivity index (χ4v) is 13.9. The van der Waals surface area contributed by atoms with Gasteiger partial charge in [-0.2, -0.15) is 0 Å². The smallest absolute Gasteiger partial charge is 0.311 e. The fraction of sp³-hybridized carbons (Fsp3) is 0.881. The number of ketones is 1. The second-order valence-corrected chi connectivity index (χ2v) is 19.8. The van der Waals surface area contributed by atoms with Gasteiger partial charge in [0.1, 0.15) is 6.10 Å². The molecular weight excluding hydrogens is 598 g/mol. The summed E-state index contributed by atoms with van der Waals surface area (Å²) in [7, 11) is 0. The summed E-state index contributed by atoms with van der Waals surface area (Å²) in [6.45, 7) is 21.0. The van der Waals surface area contributed by atoms with Crippen molar-refractivity contribution >= 4 is 17.7 Å². The summed E-state index contributed by atoms with van der Waals surface area (Å²) in [5, 5.41) is 0. The number of rotatable bonds is 4. The van der Waals surface area contributed by atoms with Gasteiger partial charge in [-0.25, -0.2) is 0 Å². The number of ether oxygens (including phenoxy) is 2. The first-order valence-corrected chi connectivity index (χ1v) is 19.8. The van der Waals surface area contributed by atoms with Crippen molar-refractivity contribution in [2.45, 2.75) is 157 Å². The van der Waals surface area contributed by atoms with Crippen LogP contribution in [-0.4, -0.2) is 54.5 Å². The maximum absolute atomic E-state index is 14.8. The van der Waals surface area contributed by atoms with E-state index in [4.69, 9.17) is 9.47 Å². The van der Waals surface area contributed by atoms with Crippen LogP contribution in [0.2, 0.25) is 0 Å². The zero-order valence-electron chi connectivity index (χ0n) is 31.6. The summed E-state index contributed by atoms with van der Waals surface area (Å²) in [6.07, 6.45) is 16.9. The molecule has 0 bridgehead atoms. The first-order chi connectivity index (χ1) is 22.5. The molecule has 7 aliphatic rings. The van der Waals surface area contributed by atoms with Crippen LogP contribution in [0, 0.1) is 56.2 Å². The molecule has 0 spiro atoms. The van der Waals surface area contributed by atoms with Crippen LogP contribution >= 0.6 is 0 Å². The number of carbonyl (C=O) groups excluding carboxylic acids is 3. The molecule has 2 aliphatic heterocycles. The quantitative estimate of drug-likeness (QED) is 0.280. The first-order valence-electron chi connectivity index (χ1n) is 19.8. The number of hydrogen-bond acceptors (Lipinski definition) is 6. The van der Waals surface area contributed by atoms with E-state index in [1.807, 2.05) is 0 Å². The molecule has 11 atom stereocenters.